The first-order valence-corrected chi connectivity index (χ1v) is 9.96. The summed E-state index contributed by atoms with van der Waals surface area (Å²) in [5.41, 5.74) is 0.926. The molecule has 1 unspecified atom stereocenters. The minimum absolute atomic E-state index is 0.102. The Balaban J connectivity index is 1.59. The molecule has 1 aromatic heterocycles. The van der Waals surface area contributed by atoms with Crippen molar-refractivity contribution in [3.05, 3.63) is 53.5 Å². The first-order chi connectivity index (χ1) is 12.3. The van der Waals surface area contributed by atoms with E-state index in [0.717, 1.165) is 5.56 Å². The number of sulfone groups is 1. The van der Waals surface area contributed by atoms with Gasteiger partial charge in [-0.2, -0.15) is 0 Å². The zero-order valence-electron chi connectivity index (χ0n) is 14.2. The van der Waals surface area contributed by atoms with Gasteiger partial charge in [-0.1, -0.05) is 12.1 Å². The number of hydrogen-bond acceptors (Lipinski definition) is 6. The van der Waals surface area contributed by atoms with Crippen LogP contribution in [0, 0.1) is 5.82 Å². The van der Waals surface area contributed by atoms with Crippen LogP contribution in [0.4, 0.5) is 10.2 Å². The number of amides is 1. The van der Waals surface area contributed by atoms with Crippen LogP contribution in [0.3, 0.4) is 0 Å². The standard InChI is InChI=1S/C17H19FN4O3S/c1-22(14-8-9-26(24,25)11-14)16-7-6-15(20-21-16)17(23)19-10-12-2-4-13(18)5-3-12/h2-7,14H,8-11H2,1H3,(H,19,23). The molecule has 2 aromatic rings. The molecule has 9 heteroatoms. The van der Waals surface area contributed by atoms with E-state index in [2.05, 4.69) is 15.5 Å². The largest absolute Gasteiger partial charge is 0.354 e. The summed E-state index contributed by atoms with van der Waals surface area (Å²) in [6.07, 6.45) is 0.556. The third-order valence-electron chi connectivity index (χ3n) is 4.37. The summed E-state index contributed by atoms with van der Waals surface area (Å²) in [4.78, 5) is 13.9. The second-order valence-corrected chi connectivity index (χ2v) is 8.48. The summed E-state index contributed by atoms with van der Waals surface area (Å²) in [6.45, 7) is 0.252. The van der Waals surface area contributed by atoms with Gasteiger partial charge in [-0.25, -0.2) is 12.8 Å². The monoisotopic (exact) mass is 378 g/mol. The van der Waals surface area contributed by atoms with Crippen molar-refractivity contribution in [3.63, 3.8) is 0 Å². The predicted octanol–water partition coefficient (Wildman–Crippen LogP) is 1.17. The Morgan fingerprint density at radius 2 is 1.96 bits per heavy atom. The maximum Gasteiger partial charge on any atom is 0.272 e. The van der Waals surface area contributed by atoms with Crippen LogP contribution in [-0.4, -0.2) is 49.1 Å². The highest BCUT2D eigenvalue weighted by atomic mass is 32.2. The van der Waals surface area contributed by atoms with Gasteiger partial charge in [0.15, 0.2) is 21.3 Å². The van der Waals surface area contributed by atoms with Crippen molar-refractivity contribution in [3.8, 4) is 0 Å². The van der Waals surface area contributed by atoms with Gasteiger partial charge in [0.05, 0.1) is 11.5 Å². The van der Waals surface area contributed by atoms with E-state index in [0.29, 0.717) is 12.2 Å². The molecule has 1 amide bonds. The van der Waals surface area contributed by atoms with Gasteiger partial charge in [0, 0.05) is 19.6 Å². The maximum atomic E-state index is 12.9. The Hall–Kier alpha value is -2.55. The lowest BCUT2D eigenvalue weighted by atomic mass is 10.2. The van der Waals surface area contributed by atoms with Gasteiger partial charge in [0.2, 0.25) is 0 Å². The zero-order valence-corrected chi connectivity index (χ0v) is 15.0. The maximum absolute atomic E-state index is 12.9. The Kier molecular flexibility index (Phi) is 5.17. The van der Waals surface area contributed by atoms with E-state index in [1.165, 1.54) is 12.1 Å². The van der Waals surface area contributed by atoms with Crippen LogP contribution in [0.15, 0.2) is 36.4 Å². The van der Waals surface area contributed by atoms with Crippen molar-refractivity contribution in [1.29, 1.82) is 0 Å². The molecular weight excluding hydrogens is 359 g/mol. The van der Waals surface area contributed by atoms with Gasteiger partial charge in [0.1, 0.15) is 5.82 Å². The summed E-state index contributed by atoms with van der Waals surface area (Å²) in [7, 11) is -1.22. The smallest absolute Gasteiger partial charge is 0.272 e. The van der Waals surface area contributed by atoms with Crippen LogP contribution in [0.1, 0.15) is 22.5 Å². The molecule has 1 aliphatic heterocycles. The average Bonchev–Trinajstić information content (AvgIpc) is 3.00. The van der Waals surface area contributed by atoms with Gasteiger partial charge in [-0.3, -0.25) is 4.79 Å². The minimum Gasteiger partial charge on any atom is -0.354 e. The van der Waals surface area contributed by atoms with Gasteiger partial charge in [0.25, 0.3) is 5.91 Å². The van der Waals surface area contributed by atoms with Gasteiger partial charge >= 0.3 is 0 Å². The van der Waals surface area contributed by atoms with Crippen LogP contribution >= 0.6 is 0 Å². The third kappa shape index (κ3) is 4.34. The van der Waals surface area contributed by atoms with Crippen molar-refractivity contribution in [2.75, 3.05) is 23.5 Å². The van der Waals surface area contributed by atoms with Crippen LogP contribution in [0.5, 0.6) is 0 Å². The number of anilines is 1. The minimum atomic E-state index is -2.98. The lowest BCUT2D eigenvalue weighted by molar-refractivity contribution is 0.0945. The average molecular weight is 378 g/mol. The van der Waals surface area contributed by atoms with Crippen molar-refractivity contribution in [2.24, 2.45) is 0 Å². The topological polar surface area (TPSA) is 92.3 Å². The molecule has 0 radical (unpaired) electrons. The number of rotatable bonds is 5. The number of hydrogen-bond donors (Lipinski definition) is 1. The highest BCUT2D eigenvalue weighted by Gasteiger charge is 2.31. The third-order valence-corrected chi connectivity index (χ3v) is 6.12. The van der Waals surface area contributed by atoms with Crippen molar-refractivity contribution in [1.82, 2.24) is 15.5 Å². The van der Waals surface area contributed by atoms with Crippen molar-refractivity contribution in [2.45, 2.75) is 19.0 Å². The quantitative estimate of drug-likeness (QED) is 0.840. The number of benzene rings is 1. The lowest BCUT2D eigenvalue weighted by Gasteiger charge is -2.23. The molecule has 0 spiro atoms. The second kappa shape index (κ2) is 7.36. The number of nitrogens with one attached hydrogen (secondary N) is 1. The number of aromatic nitrogens is 2. The molecule has 138 valence electrons. The molecule has 26 heavy (non-hydrogen) atoms. The number of nitrogens with zero attached hydrogens (tertiary/aromatic N) is 3. The lowest BCUT2D eigenvalue weighted by Crippen LogP contribution is -2.33. The molecule has 1 atom stereocenters. The molecule has 1 N–H and O–H groups in total. The van der Waals surface area contributed by atoms with Crippen LogP contribution < -0.4 is 10.2 Å². The van der Waals surface area contributed by atoms with E-state index in [-0.39, 0.29) is 41.5 Å². The zero-order chi connectivity index (χ0) is 18.7. The first kappa shape index (κ1) is 18.2. The highest BCUT2D eigenvalue weighted by Crippen LogP contribution is 2.20. The second-order valence-electron chi connectivity index (χ2n) is 6.25. The van der Waals surface area contributed by atoms with Gasteiger partial charge in [-0.15, -0.1) is 10.2 Å². The predicted molar refractivity (Wildman–Crippen MR) is 95.1 cm³/mol. The van der Waals surface area contributed by atoms with E-state index in [9.17, 15) is 17.6 Å². The fraction of sp³-hybridized carbons (Fsp3) is 0.353. The summed E-state index contributed by atoms with van der Waals surface area (Å²) in [5, 5.41) is 10.6. The van der Waals surface area contributed by atoms with E-state index in [1.54, 1.807) is 36.2 Å². The molecule has 0 aliphatic carbocycles. The van der Waals surface area contributed by atoms with Crippen molar-refractivity contribution >= 4 is 21.6 Å². The molecule has 0 bridgehead atoms. The molecule has 0 saturated carbocycles. The number of halogens is 1. The molecule has 2 heterocycles. The van der Waals surface area contributed by atoms with Crippen LogP contribution in [0.2, 0.25) is 0 Å². The molecule has 1 fully saturated rings. The Bertz CT molecular complexity index is 885. The Morgan fingerprint density at radius 1 is 1.23 bits per heavy atom. The normalized spacial score (nSPS) is 18.5. The summed E-state index contributed by atoms with van der Waals surface area (Å²) >= 11 is 0. The molecule has 1 aromatic carbocycles. The highest BCUT2D eigenvalue weighted by molar-refractivity contribution is 7.91. The first-order valence-electron chi connectivity index (χ1n) is 8.14. The molecular formula is C17H19FN4O3S. The number of carbonyl (C=O) groups is 1. The Morgan fingerprint density at radius 3 is 2.54 bits per heavy atom. The molecule has 3 rings (SSSR count). The fourth-order valence-electron chi connectivity index (χ4n) is 2.78. The summed E-state index contributed by atoms with van der Waals surface area (Å²) in [5.74, 6) is 0.0760. The SMILES string of the molecule is CN(c1ccc(C(=O)NCc2ccc(F)cc2)nn1)C1CCS(=O)(=O)C1. The summed E-state index contributed by atoms with van der Waals surface area (Å²) < 4.78 is 36.0. The fourth-order valence-corrected chi connectivity index (χ4v) is 4.55. The van der Waals surface area contributed by atoms with Crippen LogP contribution in [-0.2, 0) is 16.4 Å². The summed E-state index contributed by atoms with van der Waals surface area (Å²) in [6, 6.07) is 8.90. The molecule has 1 aliphatic rings. The number of carbonyl (C=O) groups excluding carboxylic acids is 1. The molecule has 7 nitrogen and oxygen atoms in total. The molecule has 1 saturated heterocycles. The van der Waals surface area contributed by atoms with Gasteiger partial charge < -0.3 is 10.2 Å². The van der Waals surface area contributed by atoms with E-state index in [4.69, 9.17) is 0 Å². The van der Waals surface area contributed by atoms with E-state index >= 15 is 0 Å². The van der Waals surface area contributed by atoms with E-state index < -0.39 is 9.84 Å². The van der Waals surface area contributed by atoms with Gasteiger partial charge in [-0.05, 0) is 36.2 Å². The van der Waals surface area contributed by atoms with Crippen molar-refractivity contribution < 1.29 is 17.6 Å². The van der Waals surface area contributed by atoms with E-state index in [1.807, 2.05) is 0 Å². The Labute approximate surface area is 151 Å². The van der Waals surface area contributed by atoms with Crippen LogP contribution in [0.25, 0.3) is 0 Å².